The lowest BCUT2D eigenvalue weighted by molar-refractivity contribution is -0.114. The maximum Gasteiger partial charge on any atom is 0.187 e. The van der Waals surface area contributed by atoms with Gasteiger partial charge in [-0.1, -0.05) is 119 Å². The Morgan fingerprint density at radius 2 is 0.869 bits per heavy atom. The van der Waals surface area contributed by atoms with Crippen molar-refractivity contribution >= 4 is 63.5 Å². The van der Waals surface area contributed by atoms with Gasteiger partial charge >= 0.3 is 0 Å². The van der Waals surface area contributed by atoms with E-state index in [-0.39, 0.29) is 33.2 Å². The van der Waals surface area contributed by atoms with Gasteiger partial charge in [-0.3, -0.25) is 9.59 Å². The number of hydrogen-bond acceptors (Lipinski definition) is 4. The minimum Gasteiger partial charge on any atom is -0.355 e. The zero-order chi connectivity index (χ0) is 44.0. The van der Waals surface area contributed by atoms with Gasteiger partial charge in [-0.05, 0) is 129 Å². The molecule has 2 N–H and O–H groups in total. The Morgan fingerprint density at radius 1 is 0.443 bits per heavy atom. The number of nitrogens with one attached hydrogen (secondary N) is 2. The van der Waals surface area contributed by atoms with E-state index < -0.39 is 0 Å². The molecule has 5 aromatic rings. The number of ketones is 2. The summed E-state index contributed by atoms with van der Waals surface area (Å²) in [5.74, 6) is -0.429. The van der Waals surface area contributed by atoms with E-state index in [1.807, 2.05) is 18.2 Å². The fourth-order valence-electron chi connectivity index (χ4n) is 8.16. The van der Waals surface area contributed by atoms with Crippen LogP contribution in [0.3, 0.4) is 0 Å². The smallest absolute Gasteiger partial charge is 0.187 e. The van der Waals surface area contributed by atoms with E-state index in [2.05, 4.69) is 166 Å². The van der Waals surface area contributed by atoms with Crippen molar-refractivity contribution in [1.29, 1.82) is 0 Å². The van der Waals surface area contributed by atoms with Crippen LogP contribution in [0.1, 0.15) is 141 Å². The highest BCUT2D eigenvalue weighted by atomic mass is 16.1. The lowest BCUT2D eigenvalue weighted by Gasteiger charge is -2.26. The Morgan fingerprint density at radius 3 is 1.38 bits per heavy atom. The summed E-state index contributed by atoms with van der Waals surface area (Å²) in [7, 11) is 0. The van der Waals surface area contributed by atoms with E-state index in [9.17, 15) is 9.59 Å². The van der Waals surface area contributed by atoms with E-state index in [0.717, 1.165) is 55.9 Å². The molecule has 8 bridgehead atoms. The van der Waals surface area contributed by atoms with E-state index in [4.69, 9.17) is 9.97 Å². The minimum absolute atomic E-state index is 0.105. The fourth-order valence-corrected chi connectivity index (χ4v) is 8.16. The summed E-state index contributed by atoms with van der Waals surface area (Å²) in [6.07, 6.45) is 11.1. The molecule has 6 heteroatoms. The molecule has 0 fully saturated rings. The maximum absolute atomic E-state index is 14.0. The highest BCUT2D eigenvalue weighted by Gasteiger charge is 2.27. The lowest BCUT2D eigenvalue weighted by atomic mass is 9.78. The molecule has 6 nitrogen and oxygen atoms in total. The molecule has 61 heavy (non-hydrogen) atoms. The Labute approximate surface area is 360 Å². The zero-order valence-corrected chi connectivity index (χ0v) is 38.0. The van der Waals surface area contributed by atoms with Crippen LogP contribution in [0.4, 0.5) is 0 Å². The highest BCUT2D eigenvalue weighted by molar-refractivity contribution is 6.36. The summed E-state index contributed by atoms with van der Waals surface area (Å²) in [6.45, 7) is 28.6. The van der Waals surface area contributed by atoms with Gasteiger partial charge in [-0.15, -0.1) is 0 Å². The van der Waals surface area contributed by atoms with E-state index >= 15 is 0 Å². The number of carbonyl (C=O) groups is 2. The van der Waals surface area contributed by atoms with Crippen LogP contribution in [0.15, 0.2) is 84.5 Å². The second kappa shape index (κ2) is 14.5. The number of hydrogen-bond donors (Lipinski definition) is 2. The lowest BCUT2D eigenvalue weighted by Crippen LogP contribution is -2.16. The van der Waals surface area contributed by atoms with Crippen molar-refractivity contribution in [2.75, 3.05) is 0 Å². The number of nitrogens with zero attached hydrogens (tertiary/aromatic N) is 2. The second-order valence-electron chi connectivity index (χ2n) is 21.1. The van der Waals surface area contributed by atoms with Crippen molar-refractivity contribution in [3.8, 4) is 22.3 Å². The van der Waals surface area contributed by atoms with Gasteiger partial charge in [-0.25, -0.2) is 9.97 Å². The maximum atomic E-state index is 14.0. The summed E-state index contributed by atoms with van der Waals surface area (Å²) in [6, 6.07) is 24.1. The largest absolute Gasteiger partial charge is 0.355 e. The summed E-state index contributed by atoms with van der Waals surface area (Å²) in [5, 5.41) is 0. The van der Waals surface area contributed by atoms with Crippen molar-refractivity contribution < 1.29 is 9.59 Å². The van der Waals surface area contributed by atoms with Gasteiger partial charge in [0, 0.05) is 49.9 Å². The fraction of sp³-hybridized carbons (Fsp3) is 0.309. The molecule has 0 radical (unpaired) electrons. The normalized spacial score (nSPS) is 14.8. The molecule has 0 spiro atoms. The number of fused-ring (bicyclic) bond motifs is 8. The van der Waals surface area contributed by atoms with Gasteiger partial charge in [0.15, 0.2) is 11.6 Å². The van der Waals surface area contributed by atoms with E-state index in [1.54, 1.807) is 6.92 Å². The summed E-state index contributed by atoms with van der Waals surface area (Å²) in [5.41, 5.74) is 16.1. The number of aromatic nitrogens is 4. The van der Waals surface area contributed by atoms with Crippen molar-refractivity contribution in [1.82, 2.24) is 19.9 Å². The molecule has 8 rings (SSSR count). The number of benzene rings is 2. The number of carbonyl (C=O) groups excluding carboxylic acids is 2. The topological polar surface area (TPSA) is 91.5 Å². The molecule has 0 saturated heterocycles. The van der Waals surface area contributed by atoms with Crippen molar-refractivity contribution in [2.45, 2.75) is 112 Å². The second-order valence-corrected chi connectivity index (χ2v) is 21.1. The third-order valence-electron chi connectivity index (χ3n) is 12.0. The molecule has 2 aromatic carbocycles. The highest BCUT2D eigenvalue weighted by Crippen LogP contribution is 2.41. The van der Waals surface area contributed by atoms with Gasteiger partial charge in [-0.2, -0.15) is 0 Å². The monoisotopic (exact) mass is 806 g/mol. The van der Waals surface area contributed by atoms with Crippen LogP contribution in [-0.4, -0.2) is 31.5 Å². The number of rotatable bonds is 3. The van der Waals surface area contributed by atoms with Gasteiger partial charge in [0.25, 0.3) is 0 Å². The zero-order valence-electron chi connectivity index (χ0n) is 38.0. The van der Waals surface area contributed by atoms with Crippen LogP contribution in [0, 0.1) is 0 Å². The number of aromatic amines is 2. The first kappa shape index (κ1) is 41.6. The Balaban J connectivity index is 1.54. The van der Waals surface area contributed by atoms with Gasteiger partial charge in [0.1, 0.15) is 0 Å². The molecular weight excluding hydrogens is 749 g/mol. The third-order valence-corrected chi connectivity index (χ3v) is 12.0. The quantitative estimate of drug-likeness (QED) is 0.174. The van der Waals surface area contributed by atoms with Crippen LogP contribution >= 0.6 is 0 Å². The molecule has 0 saturated carbocycles. The SMILES string of the molecule is CC1=CC(=O)C(c2c3nc(c(-c4cc(C(C)(C)C)cc(C(C)(C)C)c4)c4ccc(cc5nc(c(-c6cc(C(C)(C)C)cc(C(C)(C)C)c6)c6ccc2[nH]6)C=C5)[nH]4)C=C3)=CC1=O. The Bertz CT molecular complexity index is 2850. The first-order valence-corrected chi connectivity index (χ1v) is 21.4. The van der Waals surface area contributed by atoms with Crippen LogP contribution in [0.25, 0.3) is 74.2 Å². The molecule has 0 atom stereocenters. The van der Waals surface area contributed by atoms with Crippen molar-refractivity contribution in [3.05, 3.63) is 135 Å². The number of H-pyrrole nitrogens is 2. The first-order valence-electron chi connectivity index (χ1n) is 21.4. The minimum atomic E-state index is -0.233. The molecule has 0 amide bonds. The Kier molecular flexibility index (Phi) is 9.89. The molecular formula is C55H58N4O2. The van der Waals surface area contributed by atoms with Crippen LogP contribution in [-0.2, 0) is 31.2 Å². The molecule has 3 aromatic heterocycles. The molecule has 5 heterocycles. The Hall–Kier alpha value is -6.14. The summed E-state index contributed by atoms with van der Waals surface area (Å²) < 4.78 is 0. The summed E-state index contributed by atoms with van der Waals surface area (Å²) in [4.78, 5) is 45.5. The molecule has 1 aliphatic carbocycles. The van der Waals surface area contributed by atoms with Crippen molar-refractivity contribution in [3.63, 3.8) is 0 Å². The van der Waals surface area contributed by atoms with Gasteiger partial charge in [0.2, 0.25) is 0 Å². The van der Waals surface area contributed by atoms with Crippen LogP contribution in [0.5, 0.6) is 0 Å². The molecule has 310 valence electrons. The predicted octanol–water partition coefficient (Wildman–Crippen LogP) is 13.7. The van der Waals surface area contributed by atoms with E-state index in [1.165, 1.54) is 34.4 Å². The average Bonchev–Trinajstić information content (AvgIpc) is 4.00. The predicted molar refractivity (Wildman–Crippen MR) is 256 cm³/mol. The summed E-state index contributed by atoms with van der Waals surface area (Å²) >= 11 is 0. The average molecular weight is 807 g/mol. The first-order chi connectivity index (χ1) is 28.4. The van der Waals surface area contributed by atoms with Gasteiger partial charge in [0.05, 0.1) is 22.8 Å². The van der Waals surface area contributed by atoms with Crippen LogP contribution in [0.2, 0.25) is 0 Å². The molecule has 0 unspecified atom stereocenters. The molecule has 2 aliphatic heterocycles. The van der Waals surface area contributed by atoms with Crippen LogP contribution < -0.4 is 0 Å². The third kappa shape index (κ3) is 8.08. The number of allylic oxidation sites excluding steroid dienone is 4. The standard InChI is InChI=1S/C55H58N4O2/c1-31-22-48(61)40(30-47(31)60)51-45-20-18-43(58-45)49(32-23-34(52(2,3)4)27-35(24-32)53(5,6)7)41-16-14-38(56-41)29-39-15-17-42(57-39)50(44-19-21-46(51)59-44)33-25-36(54(8,9)10)28-37(26-33)55(11,12)13/h14-30,56,59H,1-13H3. The molecule has 3 aliphatic rings. The van der Waals surface area contributed by atoms with E-state index in [0.29, 0.717) is 27.9 Å². The van der Waals surface area contributed by atoms with Crippen molar-refractivity contribution in [2.24, 2.45) is 0 Å². The van der Waals surface area contributed by atoms with Gasteiger partial charge < -0.3 is 9.97 Å².